The van der Waals surface area contributed by atoms with Crippen LogP contribution in [0.1, 0.15) is 45.4 Å². The summed E-state index contributed by atoms with van der Waals surface area (Å²) in [6.45, 7) is 4.84. The largest absolute Gasteiger partial charge is 0.381 e. The molecule has 1 aliphatic rings. The Hall–Kier alpha value is -1.03. The fourth-order valence-corrected chi connectivity index (χ4v) is 2.47. The number of nitrogens with zero attached hydrogens (tertiary/aromatic N) is 2. The maximum atomic E-state index is 5.50. The lowest BCUT2D eigenvalue weighted by Crippen LogP contribution is -2.18. The summed E-state index contributed by atoms with van der Waals surface area (Å²) >= 11 is 0. The van der Waals surface area contributed by atoms with Crippen LogP contribution in [0.25, 0.3) is 0 Å². The molecule has 0 saturated heterocycles. The van der Waals surface area contributed by atoms with Gasteiger partial charge in [0.1, 0.15) is 0 Å². The van der Waals surface area contributed by atoms with Crippen molar-refractivity contribution in [3.05, 3.63) is 12.4 Å². The Morgan fingerprint density at radius 2 is 2.22 bits per heavy atom. The first kappa shape index (κ1) is 13.4. The molecule has 1 heterocycles. The molecule has 0 amide bonds. The van der Waals surface area contributed by atoms with Crippen LogP contribution in [0, 0.1) is 0 Å². The van der Waals surface area contributed by atoms with Gasteiger partial charge in [0.05, 0.1) is 0 Å². The number of rotatable bonds is 8. The van der Waals surface area contributed by atoms with E-state index in [0.717, 1.165) is 38.5 Å². The molecule has 0 atom stereocenters. The zero-order valence-corrected chi connectivity index (χ0v) is 11.4. The highest BCUT2D eigenvalue weighted by Crippen LogP contribution is 2.21. The number of ether oxygens (including phenoxy) is 1. The summed E-state index contributed by atoms with van der Waals surface area (Å²) in [4.78, 5) is 4.41. The second-order valence-corrected chi connectivity index (χ2v) is 5.04. The van der Waals surface area contributed by atoms with E-state index < -0.39 is 0 Å². The first-order valence-electron chi connectivity index (χ1n) is 7.25. The maximum Gasteiger partial charge on any atom is 0.202 e. The molecule has 1 saturated carbocycles. The third-order valence-corrected chi connectivity index (χ3v) is 3.44. The molecule has 1 N–H and O–H groups in total. The number of hydrogen-bond donors (Lipinski definition) is 1. The van der Waals surface area contributed by atoms with Crippen molar-refractivity contribution in [2.45, 2.75) is 58.0 Å². The van der Waals surface area contributed by atoms with Crippen molar-refractivity contribution < 1.29 is 4.74 Å². The summed E-state index contributed by atoms with van der Waals surface area (Å²) in [6, 6.07) is 0.627. The van der Waals surface area contributed by atoms with E-state index in [-0.39, 0.29) is 0 Å². The zero-order chi connectivity index (χ0) is 12.6. The van der Waals surface area contributed by atoms with Gasteiger partial charge in [-0.2, -0.15) is 0 Å². The van der Waals surface area contributed by atoms with Gasteiger partial charge in [0.2, 0.25) is 5.95 Å². The molecule has 0 aliphatic heterocycles. The van der Waals surface area contributed by atoms with E-state index in [1.807, 2.05) is 6.20 Å². The van der Waals surface area contributed by atoms with Crippen molar-refractivity contribution in [2.75, 3.05) is 18.5 Å². The second kappa shape index (κ2) is 7.41. The van der Waals surface area contributed by atoms with Crippen molar-refractivity contribution in [3.8, 4) is 0 Å². The van der Waals surface area contributed by atoms with Crippen LogP contribution < -0.4 is 5.32 Å². The van der Waals surface area contributed by atoms with Crippen molar-refractivity contribution in [3.63, 3.8) is 0 Å². The summed E-state index contributed by atoms with van der Waals surface area (Å²) in [5.41, 5.74) is 0. The lowest BCUT2D eigenvalue weighted by Gasteiger charge is -2.14. The number of hydrogen-bond acceptors (Lipinski definition) is 3. The highest BCUT2D eigenvalue weighted by atomic mass is 16.5. The first-order chi connectivity index (χ1) is 8.90. The Morgan fingerprint density at radius 1 is 1.39 bits per heavy atom. The molecule has 102 valence electrons. The van der Waals surface area contributed by atoms with Gasteiger partial charge in [-0.3, -0.25) is 0 Å². The Kier molecular flexibility index (Phi) is 5.52. The van der Waals surface area contributed by atoms with E-state index in [4.69, 9.17) is 4.74 Å². The van der Waals surface area contributed by atoms with Crippen LogP contribution in [0.15, 0.2) is 12.4 Å². The Morgan fingerprint density at radius 3 is 3.00 bits per heavy atom. The van der Waals surface area contributed by atoms with Crippen LogP contribution in [-0.4, -0.2) is 28.8 Å². The van der Waals surface area contributed by atoms with Crippen LogP contribution in [0.3, 0.4) is 0 Å². The monoisotopic (exact) mass is 251 g/mol. The second-order valence-electron chi connectivity index (χ2n) is 5.04. The smallest absolute Gasteiger partial charge is 0.202 e. The lowest BCUT2D eigenvalue weighted by molar-refractivity contribution is 0.129. The average molecular weight is 251 g/mol. The summed E-state index contributed by atoms with van der Waals surface area (Å²) in [6.07, 6.45) is 11.3. The van der Waals surface area contributed by atoms with Crippen LogP contribution in [0.4, 0.5) is 5.95 Å². The molecule has 4 nitrogen and oxygen atoms in total. The normalized spacial score (nSPS) is 16.3. The Balaban J connectivity index is 1.72. The van der Waals surface area contributed by atoms with Crippen LogP contribution in [0.5, 0.6) is 0 Å². The predicted molar refractivity (Wildman–Crippen MR) is 73.8 cm³/mol. The molecular formula is C14H25N3O. The lowest BCUT2D eigenvalue weighted by atomic mass is 10.2. The number of anilines is 1. The van der Waals surface area contributed by atoms with E-state index in [1.54, 1.807) is 0 Å². The molecule has 0 aromatic carbocycles. The predicted octanol–water partition coefficient (Wildman–Crippen LogP) is 3.05. The van der Waals surface area contributed by atoms with Gasteiger partial charge >= 0.3 is 0 Å². The molecular weight excluding hydrogens is 226 g/mol. The van der Waals surface area contributed by atoms with Crippen LogP contribution >= 0.6 is 0 Å². The number of aryl methyl sites for hydroxylation is 1. The van der Waals surface area contributed by atoms with Gasteiger partial charge in [-0.05, 0) is 25.7 Å². The van der Waals surface area contributed by atoms with Gasteiger partial charge < -0.3 is 14.6 Å². The summed E-state index contributed by atoms with van der Waals surface area (Å²) in [5.74, 6) is 1.03. The molecule has 1 fully saturated rings. The molecule has 0 radical (unpaired) electrons. The van der Waals surface area contributed by atoms with Gasteiger partial charge in [-0.1, -0.05) is 19.8 Å². The number of nitrogens with one attached hydrogen (secondary N) is 1. The zero-order valence-electron chi connectivity index (χ0n) is 11.4. The summed E-state index contributed by atoms with van der Waals surface area (Å²) in [7, 11) is 0. The molecule has 0 bridgehead atoms. The molecule has 0 spiro atoms. The van der Waals surface area contributed by atoms with Crippen LogP contribution in [0.2, 0.25) is 0 Å². The minimum Gasteiger partial charge on any atom is -0.381 e. The van der Waals surface area contributed by atoms with E-state index in [0.29, 0.717) is 6.04 Å². The highest BCUT2D eigenvalue weighted by molar-refractivity contribution is 5.27. The standard InChI is InChI=1S/C14H25N3O/c1-2-11-18-12-5-9-17-10-8-15-14(17)16-13-6-3-4-7-13/h8,10,13H,2-7,9,11-12H2,1H3,(H,15,16). The van der Waals surface area contributed by atoms with Crippen molar-refractivity contribution in [1.29, 1.82) is 0 Å². The molecule has 4 heteroatoms. The van der Waals surface area contributed by atoms with E-state index in [9.17, 15) is 0 Å². The quantitative estimate of drug-likeness (QED) is 0.722. The molecule has 1 aromatic heterocycles. The molecule has 1 aliphatic carbocycles. The SMILES string of the molecule is CCCOCCCn1ccnc1NC1CCCC1. The minimum atomic E-state index is 0.627. The highest BCUT2D eigenvalue weighted by Gasteiger charge is 2.16. The van der Waals surface area contributed by atoms with Crippen LogP contribution in [-0.2, 0) is 11.3 Å². The summed E-state index contributed by atoms with van der Waals surface area (Å²) in [5, 5.41) is 3.55. The molecule has 1 aromatic rings. The van der Waals surface area contributed by atoms with Crippen molar-refractivity contribution in [2.24, 2.45) is 0 Å². The fourth-order valence-electron chi connectivity index (χ4n) is 2.47. The Bertz CT molecular complexity index is 332. The van der Waals surface area contributed by atoms with E-state index in [2.05, 4.69) is 28.0 Å². The topological polar surface area (TPSA) is 39.1 Å². The average Bonchev–Trinajstić information content (AvgIpc) is 3.02. The van der Waals surface area contributed by atoms with Gasteiger partial charge in [0.15, 0.2) is 0 Å². The summed E-state index contributed by atoms with van der Waals surface area (Å²) < 4.78 is 7.70. The Labute approximate surface area is 110 Å². The fraction of sp³-hybridized carbons (Fsp3) is 0.786. The van der Waals surface area contributed by atoms with Gasteiger partial charge in [-0.25, -0.2) is 4.98 Å². The first-order valence-corrected chi connectivity index (χ1v) is 7.25. The third-order valence-electron chi connectivity index (χ3n) is 3.44. The number of imidazole rings is 1. The molecule has 0 unspecified atom stereocenters. The molecule has 2 rings (SSSR count). The van der Waals surface area contributed by atoms with Gasteiger partial charge in [0, 0.05) is 38.2 Å². The van der Waals surface area contributed by atoms with Gasteiger partial charge in [-0.15, -0.1) is 0 Å². The van der Waals surface area contributed by atoms with Crippen molar-refractivity contribution >= 4 is 5.95 Å². The van der Waals surface area contributed by atoms with Crippen molar-refractivity contribution in [1.82, 2.24) is 9.55 Å². The minimum absolute atomic E-state index is 0.627. The molecule has 18 heavy (non-hydrogen) atoms. The van der Waals surface area contributed by atoms with Gasteiger partial charge in [0.25, 0.3) is 0 Å². The third kappa shape index (κ3) is 4.02. The maximum absolute atomic E-state index is 5.50. The number of aromatic nitrogens is 2. The van der Waals surface area contributed by atoms with E-state index >= 15 is 0 Å². The van der Waals surface area contributed by atoms with E-state index in [1.165, 1.54) is 25.7 Å².